The Bertz CT molecular complexity index is 684. The molecular weight excluding hydrogens is 328 g/mol. The molecule has 0 saturated carbocycles. The van der Waals surface area contributed by atoms with Crippen molar-refractivity contribution in [1.82, 2.24) is 14.8 Å². The molecular formula is C16H20N4OS2. The summed E-state index contributed by atoms with van der Waals surface area (Å²) in [4.78, 5) is 22.5. The van der Waals surface area contributed by atoms with Gasteiger partial charge in [-0.15, -0.1) is 22.7 Å². The molecule has 2 bridgehead atoms. The van der Waals surface area contributed by atoms with Crippen molar-refractivity contribution in [2.45, 2.75) is 25.4 Å². The van der Waals surface area contributed by atoms with E-state index in [2.05, 4.69) is 20.2 Å². The summed E-state index contributed by atoms with van der Waals surface area (Å²) >= 11 is 3.09. The highest BCUT2D eigenvalue weighted by atomic mass is 32.1. The molecule has 23 heavy (non-hydrogen) atoms. The van der Waals surface area contributed by atoms with Crippen molar-refractivity contribution >= 4 is 34.3 Å². The number of aromatic nitrogens is 1. The van der Waals surface area contributed by atoms with E-state index in [4.69, 9.17) is 5.73 Å². The van der Waals surface area contributed by atoms with Gasteiger partial charge in [0, 0.05) is 37.6 Å². The van der Waals surface area contributed by atoms with Crippen molar-refractivity contribution < 1.29 is 4.79 Å². The molecule has 2 unspecified atom stereocenters. The van der Waals surface area contributed by atoms with Crippen LogP contribution in [-0.4, -0.2) is 46.4 Å². The molecule has 2 aromatic heterocycles. The molecule has 3 saturated heterocycles. The number of hydrogen-bond donors (Lipinski definition) is 1. The maximum absolute atomic E-state index is 12.9. The Morgan fingerprint density at radius 3 is 3.00 bits per heavy atom. The van der Waals surface area contributed by atoms with Gasteiger partial charge in [0.15, 0.2) is 0 Å². The van der Waals surface area contributed by atoms with Gasteiger partial charge in [-0.25, -0.2) is 4.98 Å². The normalized spacial score (nSPS) is 24.8. The predicted molar refractivity (Wildman–Crippen MR) is 93.7 cm³/mol. The van der Waals surface area contributed by atoms with Crippen LogP contribution >= 0.6 is 22.7 Å². The van der Waals surface area contributed by atoms with Gasteiger partial charge in [0.25, 0.3) is 5.91 Å². The standard InChI is InChI=1S/C16H20N4OS2/c17-14-3-4-23-15(14)16(21)20-6-11-1-2-13(20)8-19(5-11)7-12-9-22-10-18-12/h3-4,9-11,13H,1-2,5-8,17H2. The number of carbonyl (C=O) groups excluding carboxylic acids is 1. The van der Waals surface area contributed by atoms with Crippen LogP contribution in [-0.2, 0) is 6.54 Å². The van der Waals surface area contributed by atoms with E-state index in [1.165, 1.54) is 17.8 Å². The first-order valence-electron chi connectivity index (χ1n) is 7.94. The van der Waals surface area contributed by atoms with Crippen molar-refractivity contribution in [3.8, 4) is 0 Å². The Balaban J connectivity index is 1.51. The van der Waals surface area contributed by atoms with Gasteiger partial charge in [0.2, 0.25) is 0 Å². The smallest absolute Gasteiger partial charge is 0.266 e. The largest absolute Gasteiger partial charge is 0.397 e. The van der Waals surface area contributed by atoms with Gasteiger partial charge in [0.05, 0.1) is 16.9 Å². The second kappa shape index (κ2) is 6.22. The van der Waals surface area contributed by atoms with Crippen LogP contribution in [0.1, 0.15) is 28.2 Å². The van der Waals surface area contributed by atoms with Crippen LogP contribution in [0.3, 0.4) is 0 Å². The number of rotatable bonds is 3. The van der Waals surface area contributed by atoms with E-state index in [0.29, 0.717) is 22.5 Å². The third-order valence-corrected chi connectivity index (χ3v) is 6.36. The van der Waals surface area contributed by atoms with E-state index in [-0.39, 0.29) is 5.91 Å². The van der Waals surface area contributed by atoms with Gasteiger partial charge >= 0.3 is 0 Å². The molecule has 122 valence electrons. The van der Waals surface area contributed by atoms with Crippen LogP contribution in [0.15, 0.2) is 22.3 Å². The molecule has 3 aliphatic heterocycles. The lowest BCUT2D eigenvalue weighted by Crippen LogP contribution is -2.47. The van der Waals surface area contributed by atoms with Crippen molar-refractivity contribution in [1.29, 1.82) is 0 Å². The van der Waals surface area contributed by atoms with Crippen LogP contribution in [0.2, 0.25) is 0 Å². The Morgan fingerprint density at radius 1 is 1.35 bits per heavy atom. The number of fused-ring (bicyclic) bond motifs is 4. The molecule has 2 aromatic rings. The Labute approximate surface area is 143 Å². The maximum Gasteiger partial charge on any atom is 0.266 e. The first kappa shape index (κ1) is 15.1. The summed E-state index contributed by atoms with van der Waals surface area (Å²) in [5.74, 6) is 0.667. The Kier molecular flexibility index (Phi) is 4.09. The minimum Gasteiger partial charge on any atom is -0.397 e. The van der Waals surface area contributed by atoms with E-state index in [1.54, 1.807) is 11.3 Å². The lowest BCUT2D eigenvalue weighted by atomic mass is 9.95. The van der Waals surface area contributed by atoms with Gasteiger partial charge in [-0.2, -0.15) is 0 Å². The molecule has 0 aliphatic carbocycles. The SMILES string of the molecule is Nc1ccsc1C(=O)N1CC2CCC1CN(Cc1cscn1)C2. The number of carbonyl (C=O) groups is 1. The quantitative estimate of drug-likeness (QED) is 0.926. The number of thiazole rings is 1. The average molecular weight is 348 g/mol. The highest BCUT2D eigenvalue weighted by Gasteiger charge is 2.38. The molecule has 2 N–H and O–H groups in total. The van der Waals surface area contributed by atoms with Crippen molar-refractivity contribution in [3.05, 3.63) is 32.9 Å². The van der Waals surface area contributed by atoms with Gasteiger partial charge in [-0.3, -0.25) is 9.69 Å². The van der Waals surface area contributed by atoms with E-state index in [0.717, 1.165) is 38.3 Å². The molecule has 3 aliphatic rings. The fraction of sp³-hybridized carbons (Fsp3) is 0.500. The van der Waals surface area contributed by atoms with Crippen molar-refractivity contribution in [2.24, 2.45) is 5.92 Å². The summed E-state index contributed by atoms with van der Waals surface area (Å²) < 4.78 is 0. The molecule has 1 amide bonds. The number of nitrogens with two attached hydrogens (primary N) is 1. The van der Waals surface area contributed by atoms with E-state index < -0.39 is 0 Å². The van der Waals surface area contributed by atoms with E-state index >= 15 is 0 Å². The van der Waals surface area contributed by atoms with Crippen LogP contribution in [0, 0.1) is 5.92 Å². The van der Waals surface area contributed by atoms with Crippen LogP contribution in [0.5, 0.6) is 0 Å². The first-order chi connectivity index (χ1) is 11.2. The molecule has 3 fully saturated rings. The Hall–Kier alpha value is -1.44. The molecule has 2 atom stereocenters. The summed E-state index contributed by atoms with van der Waals surface area (Å²) in [6, 6.07) is 2.11. The second-order valence-corrected chi connectivity index (χ2v) is 8.07. The molecule has 0 radical (unpaired) electrons. The van der Waals surface area contributed by atoms with Crippen LogP contribution in [0.25, 0.3) is 0 Å². The molecule has 7 heteroatoms. The zero-order chi connectivity index (χ0) is 15.8. The van der Waals surface area contributed by atoms with Crippen LogP contribution in [0.4, 0.5) is 5.69 Å². The van der Waals surface area contributed by atoms with Gasteiger partial charge < -0.3 is 10.6 Å². The summed E-state index contributed by atoms with van der Waals surface area (Å²) in [5, 5.41) is 4.01. The number of thiophene rings is 1. The molecule has 5 rings (SSSR count). The summed E-state index contributed by atoms with van der Waals surface area (Å²) in [6.45, 7) is 3.73. The summed E-state index contributed by atoms with van der Waals surface area (Å²) in [7, 11) is 0. The number of anilines is 1. The third-order valence-electron chi connectivity index (χ3n) is 4.81. The highest BCUT2D eigenvalue weighted by molar-refractivity contribution is 7.12. The minimum absolute atomic E-state index is 0.114. The molecule has 5 heterocycles. The van der Waals surface area contributed by atoms with E-state index in [9.17, 15) is 4.79 Å². The monoisotopic (exact) mass is 348 g/mol. The van der Waals surface area contributed by atoms with Gasteiger partial charge in [-0.1, -0.05) is 0 Å². The highest BCUT2D eigenvalue weighted by Crippen LogP contribution is 2.31. The third kappa shape index (κ3) is 3.00. The summed E-state index contributed by atoms with van der Waals surface area (Å²) in [5.41, 5.74) is 9.58. The summed E-state index contributed by atoms with van der Waals surface area (Å²) in [6.07, 6.45) is 2.30. The predicted octanol–water partition coefficient (Wildman–Crippen LogP) is 2.52. The average Bonchev–Trinajstić information content (AvgIpc) is 3.11. The molecule has 0 aromatic carbocycles. The number of piperidine rings is 1. The number of nitrogens with zero attached hydrogens (tertiary/aromatic N) is 3. The topological polar surface area (TPSA) is 62.5 Å². The Morgan fingerprint density at radius 2 is 2.26 bits per heavy atom. The van der Waals surface area contributed by atoms with Crippen molar-refractivity contribution in [2.75, 3.05) is 25.4 Å². The maximum atomic E-state index is 12.9. The van der Waals surface area contributed by atoms with Gasteiger partial charge in [-0.05, 0) is 30.2 Å². The van der Waals surface area contributed by atoms with E-state index in [1.807, 2.05) is 17.0 Å². The first-order valence-corrected chi connectivity index (χ1v) is 9.76. The van der Waals surface area contributed by atoms with Gasteiger partial charge in [0.1, 0.15) is 4.88 Å². The lowest BCUT2D eigenvalue weighted by Gasteiger charge is -2.36. The fourth-order valence-corrected chi connectivity index (χ4v) is 5.05. The zero-order valence-electron chi connectivity index (χ0n) is 12.9. The fourth-order valence-electron chi connectivity index (χ4n) is 3.73. The van der Waals surface area contributed by atoms with Crippen molar-refractivity contribution in [3.63, 3.8) is 0 Å². The number of amides is 1. The molecule has 5 nitrogen and oxygen atoms in total. The lowest BCUT2D eigenvalue weighted by molar-refractivity contribution is 0.0591. The zero-order valence-corrected chi connectivity index (χ0v) is 14.5. The second-order valence-electron chi connectivity index (χ2n) is 6.43. The number of hydrogen-bond acceptors (Lipinski definition) is 6. The van der Waals surface area contributed by atoms with Crippen LogP contribution < -0.4 is 5.73 Å². The number of nitrogen functional groups attached to an aromatic ring is 1. The molecule has 0 spiro atoms. The minimum atomic E-state index is 0.114.